The number of unbranched alkanes of at least 4 members (excludes halogenated alkanes) is 4. The van der Waals surface area contributed by atoms with Crippen LogP contribution in [-0.2, 0) is 9.53 Å². The van der Waals surface area contributed by atoms with Crippen LogP contribution < -0.4 is 5.73 Å². The van der Waals surface area contributed by atoms with Crippen LogP contribution >= 0.6 is 0 Å². The predicted molar refractivity (Wildman–Crippen MR) is 108 cm³/mol. The number of esters is 1. The maximum Gasteiger partial charge on any atom is 0.305 e. The van der Waals surface area contributed by atoms with Gasteiger partial charge in [-0.1, -0.05) is 68.4 Å². The number of hydrogen-bond donors (Lipinski definition) is 1. The molecule has 0 aliphatic heterocycles. The lowest BCUT2D eigenvalue weighted by Gasteiger charge is -2.00. The van der Waals surface area contributed by atoms with Crippen LogP contribution in [0.4, 0.5) is 0 Å². The molecule has 142 valence electrons. The van der Waals surface area contributed by atoms with Crippen molar-refractivity contribution in [2.75, 3.05) is 13.2 Å². The molecule has 2 N–H and O–H groups in total. The normalized spacial score (nSPS) is 12.2. The first-order chi connectivity index (χ1) is 12.3. The van der Waals surface area contributed by atoms with Crippen molar-refractivity contribution in [3.8, 4) is 0 Å². The summed E-state index contributed by atoms with van der Waals surface area (Å²) in [6.45, 7) is 2.95. The van der Waals surface area contributed by atoms with Gasteiger partial charge in [0.2, 0.25) is 0 Å². The second-order valence-electron chi connectivity index (χ2n) is 5.99. The van der Waals surface area contributed by atoms with E-state index < -0.39 is 0 Å². The van der Waals surface area contributed by atoms with Crippen LogP contribution in [0.2, 0.25) is 0 Å². The fourth-order valence-corrected chi connectivity index (χ4v) is 2.17. The van der Waals surface area contributed by atoms with E-state index in [1.54, 1.807) is 0 Å². The van der Waals surface area contributed by atoms with Crippen molar-refractivity contribution in [1.82, 2.24) is 0 Å². The Balaban J connectivity index is 3.44. The highest BCUT2D eigenvalue weighted by Crippen LogP contribution is 2.02. The van der Waals surface area contributed by atoms with E-state index >= 15 is 0 Å². The summed E-state index contributed by atoms with van der Waals surface area (Å²) < 4.78 is 4.91. The second-order valence-corrected chi connectivity index (χ2v) is 5.99. The fraction of sp³-hybridized carbons (Fsp3) is 0.591. The van der Waals surface area contributed by atoms with Gasteiger partial charge in [-0.2, -0.15) is 0 Å². The van der Waals surface area contributed by atoms with Crippen LogP contribution in [0.25, 0.3) is 0 Å². The van der Waals surface area contributed by atoms with E-state index in [-0.39, 0.29) is 5.97 Å². The van der Waals surface area contributed by atoms with Gasteiger partial charge in [-0.05, 0) is 44.9 Å². The Morgan fingerprint density at radius 2 is 1.32 bits per heavy atom. The molecule has 0 rings (SSSR count). The molecule has 0 aliphatic rings. The fourth-order valence-electron chi connectivity index (χ4n) is 2.17. The Bertz CT molecular complexity index is 408. The van der Waals surface area contributed by atoms with Crippen molar-refractivity contribution in [2.24, 2.45) is 5.73 Å². The summed E-state index contributed by atoms with van der Waals surface area (Å²) in [6, 6.07) is 0. The van der Waals surface area contributed by atoms with Gasteiger partial charge in [0.25, 0.3) is 0 Å². The van der Waals surface area contributed by atoms with Gasteiger partial charge in [0.05, 0.1) is 0 Å². The molecular formula is C22H37NO2. The summed E-state index contributed by atoms with van der Waals surface area (Å²) >= 11 is 0. The van der Waals surface area contributed by atoms with Crippen LogP contribution in [0.5, 0.6) is 0 Å². The number of ether oxygens (including phenoxy) is 1. The first-order valence-corrected chi connectivity index (χ1v) is 9.77. The lowest BCUT2D eigenvalue weighted by Crippen LogP contribution is -2.13. The molecule has 0 aromatic carbocycles. The van der Waals surface area contributed by atoms with E-state index in [9.17, 15) is 4.79 Å². The Kier molecular flexibility index (Phi) is 19.1. The van der Waals surface area contributed by atoms with Crippen molar-refractivity contribution in [3.63, 3.8) is 0 Å². The van der Waals surface area contributed by atoms with Gasteiger partial charge in [-0.3, -0.25) is 4.79 Å². The van der Waals surface area contributed by atoms with Gasteiger partial charge >= 0.3 is 5.97 Å². The Hall–Kier alpha value is -1.61. The van der Waals surface area contributed by atoms with E-state index in [0.717, 1.165) is 32.1 Å². The maximum absolute atomic E-state index is 11.2. The van der Waals surface area contributed by atoms with E-state index in [1.165, 1.54) is 25.7 Å². The van der Waals surface area contributed by atoms with Crippen LogP contribution in [0.15, 0.2) is 48.6 Å². The summed E-state index contributed by atoms with van der Waals surface area (Å²) in [4.78, 5) is 11.2. The zero-order chi connectivity index (χ0) is 18.4. The third kappa shape index (κ3) is 20.3. The molecule has 0 atom stereocenters. The average molecular weight is 348 g/mol. The van der Waals surface area contributed by atoms with Gasteiger partial charge in [-0.25, -0.2) is 0 Å². The van der Waals surface area contributed by atoms with Crippen molar-refractivity contribution in [3.05, 3.63) is 48.6 Å². The molecule has 0 heterocycles. The monoisotopic (exact) mass is 347 g/mol. The van der Waals surface area contributed by atoms with Crippen molar-refractivity contribution in [2.45, 2.75) is 71.1 Å². The minimum Gasteiger partial charge on any atom is -0.464 e. The summed E-state index contributed by atoms with van der Waals surface area (Å²) in [5.41, 5.74) is 5.27. The number of carbonyl (C=O) groups excluding carboxylic acids is 1. The summed E-state index contributed by atoms with van der Waals surface area (Å²) in [7, 11) is 0. The zero-order valence-electron chi connectivity index (χ0n) is 16.0. The summed E-state index contributed by atoms with van der Waals surface area (Å²) in [6.07, 6.45) is 27.9. The topological polar surface area (TPSA) is 52.3 Å². The van der Waals surface area contributed by atoms with Crippen LogP contribution in [0, 0.1) is 0 Å². The van der Waals surface area contributed by atoms with Crippen LogP contribution in [0.1, 0.15) is 71.1 Å². The van der Waals surface area contributed by atoms with Gasteiger partial charge in [0, 0.05) is 13.0 Å². The second kappa shape index (κ2) is 20.4. The molecule has 3 heteroatoms. The zero-order valence-corrected chi connectivity index (χ0v) is 16.0. The highest BCUT2D eigenvalue weighted by atomic mass is 16.5. The van der Waals surface area contributed by atoms with Crippen LogP contribution in [0.3, 0.4) is 0 Å². The molecule has 25 heavy (non-hydrogen) atoms. The summed E-state index contributed by atoms with van der Waals surface area (Å²) in [5.74, 6) is -0.152. The van der Waals surface area contributed by atoms with Crippen LogP contribution in [-0.4, -0.2) is 19.1 Å². The molecule has 3 nitrogen and oxygen atoms in total. The molecule has 0 saturated carbocycles. The van der Waals surface area contributed by atoms with Gasteiger partial charge in [-0.15, -0.1) is 0 Å². The lowest BCUT2D eigenvalue weighted by atomic mass is 10.2. The summed E-state index contributed by atoms with van der Waals surface area (Å²) in [5, 5.41) is 0. The van der Waals surface area contributed by atoms with Gasteiger partial charge in [0.15, 0.2) is 0 Å². The third-order valence-electron chi connectivity index (χ3n) is 3.59. The molecule has 0 spiro atoms. The Morgan fingerprint density at radius 3 is 1.84 bits per heavy atom. The predicted octanol–water partition coefficient (Wildman–Crippen LogP) is 5.63. The standard InChI is InChI=1S/C22H37NO2/c1-2-3-4-5-6-7-8-9-10-11-12-13-14-15-16-17-18-19-22(24)25-21-20-23/h6-7,9-10,12-13,15-16H,2-5,8,11,14,17-21,23H2,1H3. The molecule has 0 radical (unpaired) electrons. The van der Waals surface area contributed by atoms with Crippen molar-refractivity contribution < 1.29 is 9.53 Å². The number of hydrogen-bond acceptors (Lipinski definition) is 3. The number of rotatable bonds is 16. The van der Waals surface area contributed by atoms with Crippen molar-refractivity contribution in [1.29, 1.82) is 0 Å². The highest BCUT2D eigenvalue weighted by Gasteiger charge is 1.99. The van der Waals surface area contributed by atoms with Crippen molar-refractivity contribution >= 4 is 5.97 Å². The quantitative estimate of drug-likeness (QED) is 0.223. The smallest absolute Gasteiger partial charge is 0.305 e. The average Bonchev–Trinajstić information content (AvgIpc) is 2.62. The molecule has 0 saturated heterocycles. The molecule has 0 unspecified atom stereocenters. The first-order valence-electron chi connectivity index (χ1n) is 9.77. The lowest BCUT2D eigenvalue weighted by molar-refractivity contribution is -0.143. The minimum absolute atomic E-state index is 0.152. The molecule has 0 bridgehead atoms. The number of carbonyl (C=O) groups is 1. The van der Waals surface area contributed by atoms with Gasteiger partial charge in [0.1, 0.15) is 6.61 Å². The van der Waals surface area contributed by atoms with E-state index in [0.29, 0.717) is 19.6 Å². The molecule has 0 amide bonds. The number of nitrogens with two attached hydrogens (primary N) is 1. The maximum atomic E-state index is 11.2. The van der Waals surface area contributed by atoms with E-state index in [1.807, 2.05) is 0 Å². The SMILES string of the molecule is CCCCCC=CCC=CCC=CCC=CCCCC(=O)OCCN. The largest absolute Gasteiger partial charge is 0.464 e. The molecule has 0 aromatic heterocycles. The van der Waals surface area contributed by atoms with E-state index in [2.05, 4.69) is 55.5 Å². The molecule has 0 aromatic rings. The first kappa shape index (κ1) is 23.4. The molecular weight excluding hydrogens is 310 g/mol. The van der Waals surface area contributed by atoms with E-state index in [4.69, 9.17) is 10.5 Å². The number of allylic oxidation sites excluding steroid dienone is 8. The molecule has 0 aliphatic carbocycles. The minimum atomic E-state index is -0.152. The third-order valence-corrected chi connectivity index (χ3v) is 3.59. The Morgan fingerprint density at radius 1 is 0.800 bits per heavy atom. The Labute approximate surface area is 154 Å². The molecule has 0 fully saturated rings. The van der Waals surface area contributed by atoms with Gasteiger partial charge < -0.3 is 10.5 Å². The highest BCUT2D eigenvalue weighted by molar-refractivity contribution is 5.69.